The van der Waals surface area contributed by atoms with Gasteiger partial charge in [-0.05, 0) is 79.0 Å². The van der Waals surface area contributed by atoms with Crippen LogP contribution in [0, 0.1) is 0 Å². The largest absolute Gasteiger partial charge is 0.455 e. The van der Waals surface area contributed by atoms with Crippen molar-refractivity contribution in [2.75, 3.05) is 0 Å². The first kappa shape index (κ1) is 29.5. The second-order valence-corrected chi connectivity index (χ2v) is 13.6. The lowest BCUT2D eigenvalue weighted by molar-refractivity contribution is 0.670. The van der Waals surface area contributed by atoms with Gasteiger partial charge in [-0.15, -0.1) is 0 Å². The molecule has 11 rings (SSSR count). The van der Waals surface area contributed by atoms with E-state index in [-0.39, 0.29) is 0 Å². The van der Waals surface area contributed by atoms with E-state index in [0.717, 1.165) is 49.8 Å². The fraction of sp³-hybridized carbons (Fsp3) is 0. The van der Waals surface area contributed by atoms with E-state index in [4.69, 9.17) is 19.4 Å². The highest BCUT2D eigenvalue weighted by molar-refractivity contribution is 6.21. The molecule has 0 aliphatic rings. The third-order valence-corrected chi connectivity index (χ3v) is 10.5. The molecule has 0 N–H and O–H groups in total. The molecule has 0 fully saturated rings. The summed E-state index contributed by atoms with van der Waals surface area (Å²) >= 11 is 0. The van der Waals surface area contributed by atoms with Crippen molar-refractivity contribution in [1.29, 1.82) is 0 Å². The second kappa shape index (κ2) is 11.7. The predicted molar refractivity (Wildman–Crippen MR) is 219 cm³/mol. The molecule has 0 atom stereocenters. The van der Waals surface area contributed by atoms with Crippen LogP contribution in [-0.2, 0) is 0 Å². The minimum atomic E-state index is 0.596. The summed E-state index contributed by atoms with van der Waals surface area (Å²) in [5.74, 6) is 1.83. The zero-order valence-electron chi connectivity index (χ0n) is 28.5. The van der Waals surface area contributed by atoms with Crippen LogP contribution in [0.3, 0.4) is 0 Å². The molecule has 0 saturated heterocycles. The van der Waals surface area contributed by atoms with Crippen LogP contribution in [-0.4, -0.2) is 15.0 Å². The lowest BCUT2D eigenvalue weighted by Gasteiger charge is -2.12. The van der Waals surface area contributed by atoms with Crippen molar-refractivity contribution in [3.8, 4) is 45.3 Å². The van der Waals surface area contributed by atoms with E-state index >= 15 is 0 Å². The van der Waals surface area contributed by atoms with Gasteiger partial charge in [0.25, 0.3) is 0 Å². The maximum absolute atomic E-state index is 6.70. The van der Waals surface area contributed by atoms with Gasteiger partial charge >= 0.3 is 0 Å². The number of para-hydroxylation sites is 1. The van der Waals surface area contributed by atoms with Crippen molar-refractivity contribution in [3.05, 3.63) is 176 Å². The number of aromatic nitrogens is 3. The van der Waals surface area contributed by atoms with Crippen LogP contribution in [0.4, 0.5) is 0 Å². The maximum atomic E-state index is 6.70. The number of hydrogen-bond acceptors (Lipinski definition) is 4. The molecule has 11 aromatic rings. The Morgan fingerprint density at radius 2 is 0.906 bits per heavy atom. The summed E-state index contributed by atoms with van der Waals surface area (Å²) in [6.45, 7) is 0. The molecule has 246 valence electrons. The average molecular weight is 676 g/mol. The normalized spacial score (nSPS) is 11.8. The van der Waals surface area contributed by atoms with Crippen LogP contribution in [0.5, 0.6) is 0 Å². The van der Waals surface area contributed by atoms with Crippen LogP contribution >= 0.6 is 0 Å². The summed E-state index contributed by atoms with van der Waals surface area (Å²) in [6, 6.07) is 61.6. The molecule has 0 bridgehead atoms. The van der Waals surface area contributed by atoms with Crippen molar-refractivity contribution in [2.45, 2.75) is 0 Å². The van der Waals surface area contributed by atoms with Gasteiger partial charge in [0.2, 0.25) is 0 Å². The fourth-order valence-electron chi connectivity index (χ4n) is 7.91. The number of furan rings is 1. The number of benzene rings is 9. The van der Waals surface area contributed by atoms with Crippen molar-refractivity contribution in [3.63, 3.8) is 0 Å². The molecule has 4 heteroatoms. The minimum Gasteiger partial charge on any atom is -0.455 e. The van der Waals surface area contributed by atoms with Gasteiger partial charge in [0.1, 0.15) is 11.2 Å². The Morgan fingerprint density at radius 3 is 1.75 bits per heavy atom. The van der Waals surface area contributed by atoms with E-state index in [1.54, 1.807) is 0 Å². The molecule has 0 aliphatic carbocycles. The quantitative estimate of drug-likeness (QED) is 0.174. The van der Waals surface area contributed by atoms with Crippen LogP contribution in [0.15, 0.2) is 180 Å². The Hall–Kier alpha value is -7.17. The fourth-order valence-corrected chi connectivity index (χ4v) is 7.91. The Labute approximate surface area is 304 Å². The third-order valence-electron chi connectivity index (χ3n) is 10.5. The lowest BCUT2D eigenvalue weighted by atomic mass is 9.95. The van der Waals surface area contributed by atoms with Gasteiger partial charge in [0.15, 0.2) is 17.5 Å². The highest BCUT2D eigenvalue weighted by atomic mass is 16.3. The first-order chi connectivity index (χ1) is 26.2. The number of rotatable bonds is 4. The maximum Gasteiger partial charge on any atom is 0.164 e. The van der Waals surface area contributed by atoms with Crippen molar-refractivity contribution >= 4 is 65.0 Å². The molecule has 0 spiro atoms. The zero-order chi connectivity index (χ0) is 34.9. The standard InChI is InChI=1S/C49H29N3O/c1-2-12-34(13-3-1)47-50-48(37-25-21-32-20-23-33-22-19-31-11-6-7-15-38(31)44(33)42(32)29-37)52-49(51-47)41-27-26-39(36-24-18-30-10-4-5-14-35(30)28-36)46-45(41)40-16-8-9-17-43(40)53-46/h1-29H. The van der Waals surface area contributed by atoms with Crippen LogP contribution in [0.2, 0.25) is 0 Å². The number of nitrogens with zero attached hydrogens (tertiary/aromatic N) is 3. The van der Waals surface area contributed by atoms with Gasteiger partial charge in [-0.2, -0.15) is 0 Å². The second-order valence-electron chi connectivity index (χ2n) is 13.6. The SMILES string of the molecule is c1ccc(-c2nc(-c3ccc4ccc5ccc6ccccc6c5c4c3)nc(-c3ccc(-c4ccc5ccccc5c4)c4oc5ccccc5c34)n2)cc1. The molecule has 0 saturated carbocycles. The highest BCUT2D eigenvalue weighted by Crippen LogP contribution is 2.42. The number of hydrogen-bond donors (Lipinski definition) is 0. The number of fused-ring (bicyclic) bond motifs is 9. The summed E-state index contributed by atoms with van der Waals surface area (Å²) in [5, 5.41) is 11.6. The molecule has 2 heterocycles. The minimum absolute atomic E-state index is 0.596. The molecule has 4 nitrogen and oxygen atoms in total. The van der Waals surface area contributed by atoms with Crippen LogP contribution < -0.4 is 0 Å². The molecular weight excluding hydrogens is 647 g/mol. The molecular formula is C49H29N3O. The first-order valence-corrected chi connectivity index (χ1v) is 17.9. The van der Waals surface area contributed by atoms with Crippen molar-refractivity contribution < 1.29 is 4.42 Å². The Morgan fingerprint density at radius 1 is 0.321 bits per heavy atom. The molecule has 53 heavy (non-hydrogen) atoms. The van der Waals surface area contributed by atoms with E-state index in [1.165, 1.54) is 43.1 Å². The lowest BCUT2D eigenvalue weighted by Crippen LogP contribution is -2.00. The summed E-state index contributed by atoms with van der Waals surface area (Å²) in [6.07, 6.45) is 0. The molecule has 0 aliphatic heterocycles. The smallest absolute Gasteiger partial charge is 0.164 e. The summed E-state index contributed by atoms with van der Waals surface area (Å²) < 4.78 is 6.70. The van der Waals surface area contributed by atoms with E-state index in [1.807, 2.05) is 30.3 Å². The van der Waals surface area contributed by atoms with Gasteiger partial charge < -0.3 is 4.42 Å². The topological polar surface area (TPSA) is 51.8 Å². The zero-order valence-corrected chi connectivity index (χ0v) is 28.5. The summed E-state index contributed by atoms with van der Waals surface area (Å²) in [7, 11) is 0. The van der Waals surface area contributed by atoms with Gasteiger partial charge in [0.05, 0.1) is 0 Å². The van der Waals surface area contributed by atoms with Crippen LogP contribution in [0.1, 0.15) is 0 Å². The predicted octanol–water partition coefficient (Wildman–Crippen LogP) is 13.1. The third kappa shape index (κ3) is 4.80. The Bertz CT molecular complexity index is 3230. The van der Waals surface area contributed by atoms with Crippen LogP contribution in [0.25, 0.3) is 110 Å². The van der Waals surface area contributed by atoms with Crippen molar-refractivity contribution in [1.82, 2.24) is 15.0 Å². The summed E-state index contributed by atoms with van der Waals surface area (Å²) in [4.78, 5) is 15.6. The Balaban J connectivity index is 1.17. The summed E-state index contributed by atoms with van der Waals surface area (Å²) in [5.41, 5.74) is 6.51. The van der Waals surface area contributed by atoms with E-state index in [9.17, 15) is 0 Å². The Kier molecular flexibility index (Phi) is 6.52. The average Bonchev–Trinajstić information content (AvgIpc) is 3.63. The molecule has 9 aromatic carbocycles. The van der Waals surface area contributed by atoms with Gasteiger partial charge in [-0.25, -0.2) is 15.0 Å². The molecule has 0 amide bonds. The van der Waals surface area contributed by atoms with E-state index in [2.05, 4.69) is 146 Å². The van der Waals surface area contributed by atoms with Crippen molar-refractivity contribution in [2.24, 2.45) is 0 Å². The molecule has 2 aromatic heterocycles. The molecule has 0 radical (unpaired) electrons. The van der Waals surface area contributed by atoms with E-state index in [0.29, 0.717) is 17.5 Å². The van der Waals surface area contributed by atoms with Gasteiger partial charge in [-0.1, -0.05) is 146 Å². The highest BCUT2D eigenvalue weighted by Gasteiger charge is 2.21. The monoisotopic (exact) mass is 675 g/mol. The van der Waals surface area contributed by atoms with Gasteiger partial charge in [-0.3, -0.25) is 0 Å². The molecule has 0 unspecified atom stereocenters. The van der Waals surface area contributed by atoms with Gasteiger partial charge in [0, 0.05) is 33.0 Å². The first-order valence-electron chi connectivity index (χ1n) is 17.9. The van der Waals surface area contributed by atoms with E-state index < -0.39 is 0 Å².